The lowest BCUT2D eigenvalue weighted by Crippen LogP contribution is -1.87. The predicted molar refractivity (Wildman–Crippen MR) is 48.6 cm³/mol. The smallest absolute Gasteiger partial charge is 0.258 e. The van der Waals surface area contributed by atoms with Gasteiger partial charge in [-0.05, 0) is 28.1 Å². The van der Waals surface area contributed by atoms with Crippen LogP contribution >= 0.6 is 15.9 Å². The molecule has 0 radical (unpaired) electrons. The molecular formula is C7H3BrN2O3. The molecule has 0 saturated carbocycles. The number of nitro benzene ring substituents is 1. The summed E-state index contributed by atoms with van der Waals surface area (Å²) in [6.45, 7) is 0. The summed E-state index contributed by atoms with van der Waals surface area (Å²) in [6.07, 6.45) is 1.34. The van der Waals surface area contributed by atoms with Gasteiger partial charge in [0, 0.05) is 6.07 Å². The van der Waals surface area contributed by atoms with Crippen LogP contribution in [0.5, 0.6) is 0 Å². The van der Waals surface area contributed by atoms with Crippen LogP contribution in [0.25, 0.3) is 0 Å². The van der Waals surface area contributed by atoms with E-state index in [1.807, 2.05) is 0 Å². The topological polar surface area (TPSA) is 72.6 Å². The third kappa shape index (κ3) is 2.21. The van der Waals surface area contributed by atoms with E-state index >= 15 is 0 Å². The molecule has 0 unspecified atom stereocenters. The summed E-state index contributed by atoms with van der Waals surface area (Å²) in [5.41, 5.74) is 0.261. The number of hydrogen-bond donors (Lipinski definition) is 0. The molecule has 0 spiro atoms. The fourth-order valence-corrected chi connectivity index (χ4v) is 1.28. The number of nitrogens with zero attached hydrogens (tertiary/aromatic N) is 2. The maximum Gasteiger partial charge on any atom is 0.283 e. The lowest BCUT2D eigenvalue weighted by molar-refractivity contribution is -0.385. The van der Waals surface area contributed by atoms with Crippen LogP contribution < -0.4 is 0 Å². The van der Waals surface area contributed by atoms with E-state index in [4.69, 9.17) is 0 Å². The molecule has 0 bridgehead atoms. The van der Waals surface area contributed by atoms with Gasteiger partial charge in [0.1, 0.15) is 0 Å². The number of halogens is 1. The Balaban J connectivity index is 3.19. The van der Waals surface area contributed by atoms with Crippen LogP contribution in [0.2, 0.25) is 0 Å². The number of hydrogen-bond acceptors (Lipinski definition) is 4. The van der Waals surface area contributed by atoms with Gasteiger partial charge >= 0.3 is 0 Å². The van der Waals surface area contributed by atoms with Gasteiger partial charge < -0.3 is 0 Å². The second-order valence-electron chi connectivity index (χ2n) is 2.10. The largest absolute Gasteiger partial charge is 0.283 e. The van der Waals surface area contributed by atoms with E-state index in [1.54, 1.807) is 0 Å². The first kappa shape index (κ1) is 9.57. The normalized spacial score (nSPS) is 9.00. The van der Waals surface area contributed by atoms with E-state index < -0.39 is 4.92 Å². The third-order valence-corrected chi connectivity index (χ3v) is 1.94. The molecule has 0 atom stereocenters. The van der Waals surface area contributed by atoms with E-state index in [0.29, 0.717) is 5.69 Å². The van der Waals surface area contributed by atoms with Gasteiger partial charge in [0.05, 0.1) is 15.1 Å². The average molecular weight is 243 g/mol. The van der Waals surface area contributed by atoms with Crippen LogP contribution in [0.4, 0.5) is 11.4 Å². The molecule has 13 heavy (non-hydrogen) atoms. The van der Waals surface area contributed by atoms with Crippen molar-refractivity contribution < 1.29 is 9.72 Å². The molecule has 6 heteroatoms. The highest BCUT2D eigenvalue weighted by molar-refractivity contribution is 9.10. The number of benzene rings is 1. The van der Waals surface area contributed by atoms with Crippen LogP contribution in [0.15, 0.2) is 27.7 Å². The Kier molecular flexibility index (Phi) is 2.89. The Morgan fingerprint density at radius 1 is 1.54 bits per heavy atom. The maximum absolute atomic E-state index is 10.4. The fourth-order valence-electron chi connectivity index (χ4n) is 0.766. The molecule has 0 saturated heterocycles. The number of aliphatic imine (C=N–C) groups is 1. The van der Waals surface area contributed by atoms with Gasteiger partial charge in [-0.1, -0.05) is 0 Å². The van der Waals surface area contributed by atoms with Crippen molar-refractivity contribution in [2.75, 3.05) is 0 Å². The van der Waals surface area contributed by atoms with Crippen molar-refractivity contribution in [3.8, 4) is 0 Å². The number of isocyanates is 1. The Labute approximate surface area is 81.4 Å². The van der Waals surface area contributed by atoms with Crippen molar-refractivity contribution >= 4 is 33.4 Å². The Morgan fingerprint density at radius 3 is 2.69 bits per heavy atom. The quantitative estimate of drug-likeness (QED) is 0.346. The second-order valence-corrected chi connectivity index (χ2v) is 2.95. The zero-order chi connectivity index (χ0) is 9.84. The molecule has 0 heterocycles. The average Bonchev–Trinajstić information content (AvgIpc) is 2.04. The van der Waals surface area contributed by atoms with Crippen LogP contribution in [-0.4, -0.2) is 11.0 Å². The number of nitro groups is 1. The van der Waals surface area contributed by atoms with Gasteiger partial charge in [-0.2, -0.15) is 4.99 Å². The van der Waals surface area contributed by atoms with Crippen LogP contribution in [-0.2, 0) is 4.79 Å². The van der Waals surface area contributed by atoms with Crippen LogP contribution in [0.3, 0.4) is 0 Å². The third-order valence-electron chi connectivity index (χ3n) is 1.30. The summed E-state index contributed by atoms with van der Waals surface area (Å²) < 4.78 is 0.286. The SMILES string of the molecule is O=C=Nc1ccc([N+](=O)[O-])c(Br)c1. The summed E-state index contributed by atoms with van der Waals surface area (Å²) in [7, 11) is 0. The van der Waals surface area contributed by atoms with E-state index in [0.717, 1.165) is 0 Å². The Hall–Kier alpha value is -1.52. The lowest BCUT2D eigenvalue weighted by atomic mass is 10.3. The first-order chi connectivity index (χ1) is 6.15. The molecule has 0 aliphatic rings. The maximum atomic E-state index is 10.4. The minimum absolute atomic E-state index is 0.0650. The van der Waals surface area contributed by atoms with E-state index in [9.17, 15) is 14.9 Å². The molecule has 0 N–H and O–H groups in total. The van der Waals surface area contributed by atoms with Gasteiger partial charge in [-0.3, -0.25) is 10.1 Å². The summed E-state index contributed by atoms with van der Waals surface area (Å²) in [4.78, 5) is 23.0. The molecule has 1 aromatic carbocycles. The van der Waals surface area contributed by atoms with E-state index in [2.05, 4.69) is 20.9 Å². The molecule has 0 fully saturated rings. The minimum Gasteiger partial charge on any atom is -0.258 e. The van der Waals surface area contributed by atoms with Gasteiger partial charge in [0.2, 0.25) is 6.08 Å². The molecule has 0 amide bonds. The monoisotopic (exact) mass is 242 g/mol. The van der Waals surface area contributed by atoms with E-state index in [-0.39, 0.29) is 10.2 Å². The summed E-state index contributed by atoms with van der Waals surface area (Å²) in [5.74, 6) is 0. The van der Waals surface area contributed by atoms with Crippen molar-refractivity contribution in [1.29, 1.82) is 0 Å². The summed E-state index contributed by atoms with van der Waals surface area (Å²) in [6, 6.07) is 4.01. The Bertz CT molecular complexity index is 399. The van der Waals surface area contributed by atoms with Crippen LogP contribution in [0.1, 0.15) is 0 Å². The molecule has 1 aromatic rings. The molecular weight excluding hydrogens is 240 g/mol. The van der Waals surface area contributed by atoms with Crippen molar-refractivity contribution in [2.24, 2.45) is 4.99 Å². The minimum atomic E-state index is -0.529. The molecule has 5 nitrogen and oxygen atoms in total. The van der Waals surface area contributed by atoms with Crippen molar-refractivity contribution in [3.05, 3.63) is 32.8 Å². The lowest BCUT2D eigenvalue weighted by Gasteiger charge is -1.94. The van der Waals surface area contributed by atoms with E-state index in [1.165, 1.54) is 24.3 Å². The van der Waals surface area contributed by atoms with Gasteiger partial charge in [0.15, 0.2) is 0 Å². The molecule has 66 valence electrons. The van der Waals surface area contributed by atoms with Crippen LogP contribution in [0, 0.1) is 10.1 Å². The summed E-state index contributed by atoms with van der Waals surface area (Å²) in [5, 5.41) is 10.4. The highest BCUT2D eigenvalue weighted by Crippen LogP contribution is 2.28. The highest BCUT2D eigenvalue weighted by Gasteiger charge is 2.10. The first-order valence-corrected chi connectivity index (χ1v) is 3.96. The number of carbonyl (C=O) groups excluding carboxylic acids is 1. The highest BCUT2D eigenvalue weighted by atomic mass is 79.9. The van der Waals surface area contributed by atoms with Crippen molar-refractivity contribution in [2.45, 2.75) is 0 Å². The van der Waals surface area contributed by atoms with Gasteiger partial charge in [-0.15, -0.1) is 0 Å². The van der Waals surface area contributed by atoms with Crippen molar-refractivity contribution in [1.82, 2.24) is 0 Å². The fraction of sp³-hybridized carbons (Fsp3) is 0. The molecule has 0 aromatic heterocycles. The van der Waals surface area contributed by atoms with Gasteiger partial charge in [-0.25, -0.2) is 4.79 Å². The first-order valence-electron chi connectivity index (χ1n) is 3.17. The predicted octanol–water partition coefficient (Wildman–Crippen LogP) is 2.32. The zero-order valence-electron chi connectivity index (χ0n) is 6.23. The standard InChI is InChI=1S/C7H3BrN2O3/c8-6-3-5(9-4-11)1-2-7(6)10(12)13/h1-3H. The molecule has 0 aliphatic heterocycles. The molecule has 0 aliphatic carbocycles. The Morgan fingerprint density at radius 2 is 2.23 bits per heavy atom. The second kappa shape index (κ2) is 3.93. The number of rotatable bonds is 2. The summed E-state index contributed by atoms with van der Waals surface area (Å²) >= 11 is 2.99. The zero-order valence-corrected chi connectivity index (χ0v) is 7.82. The molecule has 1 rings (SSSR count). The van der Waals surface area contributed by atoms with Crippen molar-refractivity contribution in [3.63, 3.8) is 0 Å². The van der Waals surface area contributed by atoms with Gasteiger partial charge in [0.25, 0.3) is 5.69 Å².